The zero-order valence-electron chi connectivity index (χ0n) is 20.9. The van der Waals surface area contributed by atoms with Gasteiger partial charge in [0.15, 0.2) is 0 Å². The third-order valence-corrected chi connectivity index (χ3v) is 6.19. The quantitative estimate of drug-likeness (QED) is 0.351. The number of ether oxygens (including phenoxy) is 1. The molecule has 0 spiro atoms. The van der Waals surface area contributed by atoms with Crippen LogP contribution in [0.3, 0.4) is 0 Å². The van der Waals surface area contributed by atoms with E-state index in [0.717, 1.165) is 54.1 Å². The first kappa shape index (κ1) is 25.8. The summed E-state index contributed by atoms with van der Waals surface area (Å²) in [4.78, 5) is 27.3. The van der Waals surface area contributed by atoms with Crippen LogP contribution in [0.25, 0.3) is 0 Å². The van der Waals surface area contributed by atoms with Crippen molar-refractivity contribution in [2.45, 2.75) is 71.8 Å². The average molecular weight is 466 g/mol. The summed E-state index contributed by atoms with van der Waals surface area (Å²) in [5.74, 6) is 0.744. The van der Waals surface area contributed by atoms with Gasteiger partial charge in [-0.1, -0.05) is 44.4 Å². The molecule has 1 aliphatic rings. The number of nitrogens with one attached hydrogen (secondary N) is 2. The topological polar surface area (TPSA) is 70.7 Å². The van der Waals surface area contributed by atoms with Crippen molar-refractivity contribution in [2.24, 2.45) is 0 Å². The number of nitrogens with zero attached hydrogens (tertiary/aromatic N) is 1. The third-order valence-electron chi connectivity index (χ3n) is 6.19. The normalized spacial score (nSPS) is 13.1. The van der Waals surface area contributed by atoms with E-state index in [-0.39, 0.29) is 11.8 Å². The van der Waals surface area contributed by atoms with Crippen LogP contribution in [-0.2, 0) is 9.59 Å². The van der Waals surface area contributed by atoms with Crippen molar-refractivity contribution in [1.82, 2.24) is 4.90 Å². The van der Waals surface area contributed by atoms with Gasteiger partial charge in [0.05, 0.1) is 13.2 Å². The van der Waals surface area contributed by atoms with Crippen molar-refractivity contribution in [3.05, 3.63) is 53.6 Å². The van der Waals surface area contributed by atoms with Crippen LogP contribution in [0, 0.1) is 13.8 Å². The average Bonchev–Trinajstić information content (AvgIpc) is 3.66. The largest absolute Gasteiger partial charge is 0.494 e. The lowest BCUT2D eigenvalue weighted by atomic mass is 10.1. The van der Waals surface area contributed by atoms with Crippen LogP contribution >= 0.6 is 0 Å². The van der Waals surface area contributed by atoms with E-state index in [9.17, 15) is 9.59 Å². The molecule has 0 saturated heterocycles. The van der Waals surface area contributed by atoms with Gasteiger partial charge in [0.2, 0.25) is 11.8 Å². The van der Waals surface area contributed by atoms with Gasteiger partial charge in [-0.3, -0.25) is 14.5 Å². The molecule has 0 bridgehead atoms. The second-order valence-corrected chi connectivity index (χ2v) is 9.25. The van der Waals surface area contributed by atoms with Crippen molar-refractivity contribution in [3.63, 3.8) is 0 Å². The number of aryl methyl sites for hydroxylation is 2. The fourth-order valence-electron chi connectivity index (χ4n) is 4.03. The van der Waals surface area contributed by atoms with Crippen molar-refractivity contribution in [2.75, 3.05) is 30.3 Å². The molecular formula is C28H39N3O3. The first-order valence-electron chi connectivity index (χ1n) is 12.6. The highest BCUT2D eigenvalue weighted by Crippen LogP contribution is 2.27. The molecule has 6 nitrogen and oxygen atoms in total. The summed E-state index contributed by atoms with van der Waals surface area (Å²) in [7, 11) is 0. The highest BCUT2D eigenvalue weighted by atomic mass is 16.5. The van der Waals surface area contributed by atoms with Crippen LogP contribution in [0.15, 0.2) is 42.5 Å². The summed E-state index contributed by atoms with van der Waals surface area (Å²) in [6.07, 6.45) is 7.22. The zero-order chi connectivity index (χ0) is 24.3. The summed E-state index contributed by atoms with van der Waals surface area (Å²) < 4.78 is 5.76. The van der Waals surface area contributed by atoms with E-state index < -0.39 is 0 Å². The molecule has 0 heterocycles. The van der Waals surface area contributed by atoms with Gasteiger partial charge in [-0.05, 0) is 68.5 Å². The van der Waals surface area contributed by atoms with E-state index in [2.05, 4.69) is 22.5 Å². The molecule has 2 N–H and O–H groups in total. The Labute approximate surface area is 204 Å². The maximum Gasteiger partial charge on any atom is 0.238 e. The Bertz CT molecular complexity index is 918. The van der Waals surface area contributed by atoms with Gasteiger partial charge in [0.1, 0.15) is 5.75 Å². The number of para-hydroxylation sites is 1. The van der Waals surface area contributed by atoms with Crippen LogP contribution in [0.2, 0.25) is 0 Å². The molecule has 34 heavy (non-hydrogen) atoms. The van der Waals surface area contributed by atoms with Gasteiger partial charge in [-0.2, -0.15) is 0 Å². The molecule has 0 aromatic heterocycles. The highest BCUT2D eigenvalue weighted by Gasteiger charge is 2.30. The number of carbonyl (C=O) groups excluding carboxylic acids is 2. The fourth-order valence-corrected chi connectivity index (χ4v) is 4.03. The maximum absolute atomic E-state index is 12.7. The molecule has 1 fully saturated rings. The number of amides is 2. The van der Waals surface area contributed by atoms with Crippen LogP contribution in [-0.4, -0.2) is 42.5 Å². The van der Waals surface area contributed by atoms with Crippen LogP contribution in [0.1, 0.15) is 63.0 Å². The molecule has 0 radical (unpaired) electrons. The van der Waals surface area contributed by atoms with E-state index in [1.165, 1.54) is 19.3 Å². The van der Waals surface area contributed by atoms with Gasteiger partial charge in [0.25, 0.3) is 0 Å². The van der Waals surface area contributed by atoms with Gasteiger partial charge in [-0.15, -0.1) is 0 Å². The molecule has 2 amide bonds. The lowest BCUT2D eigenvalue weighted by Crippen LogP contribution is -2.37. The molecule has 2 aromatic rings. The lowest BCUT2D eigenvalue weighted by molar-refractivity contribution is -0.119. The van der Waals surface area contributed by atoms with Crippen LogP contribution in [0.5, 0.6) is 5.75 Å². The van der Waals surface area contributed by atoms with E-state index >= 15 is 0 Å². The maximum atomic E-state index is 12.7. The highest BCUT2D eigenvalue weighted by molar-refractivity contribution is 5.94. The number of benzene rings is 2. The number of anilines is 2. The zero-order valence-corrected chi connectivity index (χ0v) is 20.9. The number of unbranched alkanes of at least 4 members (excludes halogenated alkanes) is 3. The van der Waals surface area contributed by atoms with Gasteiger partial charge in [-0.25, -0.2) is 0 Å². The van der Waals surface area contributed by atoms with Crippen LogP contribution < -0.4 is 15.4 Å². The predicted molar refractivity (Wildman–Crippen MR) is 138 cm³/mol. The van der Waals surface area contributed by atoms with Gasteiger partial charge in [0, 0.05) is 30.4 Å². The summed E-state index contributed by atoms with van der Waals surface area (Å²) in [6.45, 7) is 7.78. The second-order valence-electron chi connectivity index (χ2n) is 9.25. The molecular weight excluding hydrogens is 426 g/mol. The van der Waals surface area contributed by atoms with E-state index in [1.54, 1.807) is 0 Å². The molecule has 3 rings (SSSR count). The monoisotopic (exact) mass is 465 g/mol. The Morgan fingerprint density at radius 3 is 2.29 bits per heavy atom. The Balaban J connectivity index is 1.42. The number of hydrogen-bond donors (Lipinski definition) is 2. The van der Waals surface area contributed by atoms with Gasteiger partial charge >= 0.3 is 0 Å². The van der Waals surface area contributed by atoms with Gasteiger partial charge < -0.3 is 15.4 Å². The Hall–Kier alpha value is -2.86. The molecule has 0 aliphatic heterocycles. The Kier molecular flexibility index (Phi) is 9.95. The van der Waals surface area contributed by atoms with E-state index in [0.29, 0.717) is 25.6 Å². The van der Waals surface area contributed by atoms with Crippen LogP contribution in [0.4, 0.5) is 11.4 Å². The second kappa shape index (κ2) is 13.1. The van der Waals surface area contributed by atoms with E-state index in [4.69, 9.17) is 4.74 Å². The van der Waals surface area contributed by atoms with E-state index in [1.807, 2.05) is 56.3 Å². The first-order chi connectivity index (χ1) is 16.5. The van der Waals surface area contributed by atoms with Crippen molar-refractivity contribution in [1.29, 1.82) is 0 Å². The van der Waals surface area contributed by atoms with Crippen molar-refractivity contribution >= 4 is 23.2 Å². The van der Waals surface area contributed by atoms with Crippen molar-refractivity contribution in [3.8, 4) is 5.75 Å². The molecule has 184 valence electrons. The standard InChI is InChI=1S/C28H39N3O3/c1-4-5-6-7-19-34-25-15-11-23(12-16-25)29-26(32)17-18-31(24-13-14-24)20-27(33)30-28-21(2)9-8-10-22(28)3/h8-12,15-16,24H,4-7,13-14,17-20H2,1-3H3,(H,29,32)(H,30,33). The number of hydrogen-bond acceptors (Lipinski definition) is 4. The fraction of sp³-hybridized carbons (Fsp3) is 0.500. The Morgan fingerprint density at radius 1 is 0.941 bits per heavy atom. The third kappa shape index (κ3) is 8.49. The molecule has 1 aliphatic carbocycles. The number of rotatable bonds is 14. The summed E-state index contributed by atoms with van der Waals surface area (Å²) in [5, 5.41) is 6.01. The number of carbonyl (C=O) groups is 2. The smallest absolute Gasteiger partial charge is 0.238 e. The molecule has 0 unspecified atom stereocenters. The SMILES string of the molecule is CCCCCCOc1ccc(NC(=O)CCN(CC(=O)Nc2c(C)cccc2C)C2CC2)cc1. The minimum Gasteiger partial charge on any atom is -0.494 e. The minimum absolute atomic E-state index is 0.0324. The van der Waals surface area contributed by atoms with Crippen molar-refractivity contribution < 1.29 is 14.3 Å². The first-order valence-corrected chi connectivity index (χ1v) is 12.6. The molecule has 2 aromatic carbocycles. The molecule has 0 atom stereocenters. The Morgan fingerprint density at radius 2 is 1.65 bits per heavy atom. The summed E-state index contributed by atoms with van der Waals surface area (Å²) in [5.41, 5.74) is 3.75. The summed E-state index contributed by atoms with van der Waals surface area (Å²) >= 11 is 0. The molecule has 1 saturated carbocycles. The minimum atomic E-state index is -0.0472. The molecule has 6 heteroatoms. The summed E-state index contributed by atoms with van der Waals surface area (Å²) in [6, 6.07) is 13.9. The lowest BCUT2D eigenvalue weighted by Gasteiger charge is -2.22. The predicted octanol–water partition coefficient (Wildman–Crippen LogP) is 5.69.